The molecule has 3 aliphatic heterocycles. The lowest BCUT2D eigenvalue weighted by atomic mass is 10.1. The molecule has 3 atom stereocenters. The zero-order chi connectivity index (χ0) is 26.6. The van der Waals surface area contributed by atoms with E-state index in [0.29, 0.717) is 22.4 Å². The minimum atomic E-state index is -0.299. The molecule has 2 fully saturated rings. The highest BCUT2D eigenvalue weighted by molar-refractivity contribution is 6.33. The number of benzene rings is 1. The second-order valence-electron chi connectivity index (χ2n) is 10.1. The van der Waals surface area contributed by atoms with Crippen molar-refractivity contribution in [1.82, 2.24) is 20.1 Å². The third-order valence-corrected chi connectivity index (χ3v) is 7.82. The summed E-state index contributed by atoms with van der Waals surface area (Å²) in [5.74, 6) is 1.38. The largest absolute Gasteiger partial charge is 0.395 e. The molecule has 3 aliphatic rings. The van der Waals surface area contributed by atoms with Gasteiger partial charge in [-0.15, -0.1) is 0 Å². The zero-order valence-corrected chi connectivity index (χ0v) is 22.8. The van der Waals surface area contributed by atoms with Crippen molar-refractivity contribution in [3.63, 3.8) is 0 Å². The van der Waals surface area contributed by atoms with Crippen molar-refractivity contribution in [3.05, 3.63) is 65.5 Å². The minimum Gasteiger partial charge on any atom is -0.395 e. The average molecular weight is 538 g/mol. The Balaban J connectivity index is 1.31. The van der Waals surface area contributed by atoms with Gasteiger partial charge in [0.25, 0.3) is 5.91 Å². The number of amides is 1. The van der Waals surface area contributed by atoms with Crippen LogP contribution in [0.3, 0.4) is 0 Å². The molecule has 4 heterocycles. The first-order valence-electron chi connectivity index (χ1n) is 13.4. The molecule has 9 nitrogen and oxygen atoms in total. The third kappa shape index (κ3) is 5.50. The van der Waals surface area contributed by atoms with Crippen LogP contribution in [0.5, 0.6) is 0 Å². The van der Waals surface area contributed by atoms with Crippen LogP contribution in [0.1, 0.15) is 37.0 Å². The molecule has 38 heavy (non-hydrogen) atoms. The van der Waals surface area contributed by atoms with Crippen LogP contribution in [0.25, 0.3) is 0 Å². The Bertz CT molecular complexity index is 1190. The highest BCUT2D eigenvalue weighted by Gasteiger charge is 2.35. The number of carbonyl (C=O) groups excluding carboxylic acids is 1. The summed E-state index contributed by atoms with van der Waals surface area (Å²) >= 11 is 6.56. The Morgan fingerprint density at radius 3 is 2.66 bits per heavy atom. The fraction of sp³-hybridized carbons (Fsp3) is 0.464. The van der Waals surface area contributed by atoms with Gasteiger partial charge in [-0.1, -0.05) is 29.8 Å². The third-order valence-electron chi connectivity index (χ3n) is 7.54. The summed E-state index contributed by atoms with van der Waals surface area (Å²) in [7, 11) is 0. The van der Waals surface area contributed by atoms with Gasteiger partial charge < -0.3 is 25.1 Å². The van der Waals surface area contributed by atoms with Gasteiger partial charge in [-0.3, -0.25) is 9.69 Å². The van der Waals surface area contributed by atoms with Crippen LogP contribution in [-0.4, -0.2) is 89.3 Å². The predicted molar refractivity (Wildman–Crippen MR) is 152 cm³/mol. The van der Waals surface area contributed by atoms with E-state index in [1.165, 1.54) is 12.8 Å². The van der Waals surface area contributed by atoms with Crippen molar-refractivity contribution in [1.29, 1.82) is 0 Å². The number of aliphatic hydroxyl groups excluding tert-OH is 1. The van der Waals surface area contributed by atoms with Gasteiger partial charge in [-0.25, -0.2) is 9.98 Å². The van der Waals surface area contributed by atoms with Crippen molar-refractivity contribution in [2.24, 2.45) is 4.99 Å². The molecule has 0 bridgehead atoms. The number of hydrogen-bond donors (Lipinski definition) is 2. The number of anilines is 2. The molecule has 2 N–H and O–H groups in total. The molecule has 0 spiro atoms. The van der Waals surface area contributed by atoms with E-state index in [2.05, 4.69) is 80.3 Å². The highest BCUT2D eigenvalue weighted by Crippen LogP contribution is 2.30. The van der Waals surface area contributed by atoms with Gasteiger partial charge in [0.15, 0.2) is 6.29 Å². The monoisotopic (exact) mass is 537 g/mol. The molecule has 2 aromatic rings. The van der Waals surface area contributed by atoms with E-state index in [4.69, 9.17) is 21.7 Å². The zero-order valence-electron chi connectivity index (χ0n) is 22.0. The SMILES string of the molecule is CC1CN(c2ncc(C(=O)NCCO)cc2Cl)CCN1C1=NC(N2CCCC2C)N(c2ccccc2)C=C1. The maximum absolute atomic E-state index is 12.2. The molecule has 0 radical (unpaired) electrons. The molecular weight excluding hydrogens is 502 g/mol. The summed E-state index contributed by atoms with van der Waals surface area (Å²) in [6.07, 6.45) is 8.16. The first kappa shape index (κ1) is 26.5. The van der Waals surface area contributed by atoms with Gasteiger partial charge in [0.1, 0.15) is 11.7 Å². The number of nitrogens with one attached hydrogen (secondary N) is 1. The van der Waals surface area contributed by atoms with Crippen LogP contribution in [-0.2, 0) is 0 Å². The van der Waals surface area contributed by atoms with Crippen LogP contribution in [0.4, 0.5) is 11.5 Å². The summed E-state index contributed by atoms with van der Waals surface area (Å²) in [6, 6.07) is 12.8. The number of aliphatic hydroxyl groups is 1. The Hall–Kier alpha value is -3.14. The molecule has 5 rings (SSSR count). The summed E-state index contributed by atoms with van der Waals surface area (Å²) in [6.45, 7) is 7.88. The first-order chi connectivity index (χ1) is 18.5. The number of rotatable bonds is 6. The number of hydrogen-bond acceptors (Lipinski definition) is 8. The number of pyridine rings is 1. The van der Waals surface area contributed by atoms with E-state index in [9.17, 15) is 4.79 Å². The van der Waals surface area contributed by atoms with Crippen LogP contribution >= 0.6 is 11.6 Å². The van der Waals surface area contributed by atoms with E-state index >= 15 is 0 Å². The van der Waals surface area contributed by atoms with Gasteiger partial charge in [0.2, 0.25) is 0 Å². The number of para-hydroxylation sites is 1. The predicted octanol–water partition coefficient (Wildman–Crippen LogP) is 3.17. The summed E-state index contributed by atoms with van der Waals surface area (Å²) < 4.78 is 0. The molecule has 10 heteroatoms. The van der Waals surface area contributed by atoms with Gasteiger partial charge >= 0.3 is 0 Å². The van der Waals surface area contributed by atoms with E-state index in [-0.39, 0.29) is 31.4 Å². The van der Waals surface area contributed by atoms with Crippen molar-refractivity contribution < 1.29 is 9.90 Å². The molecule has 2 saturated heterocycles. The normalized spacial score (nSPS) is 24.1. The fourth-order valence-electron chi connectivity index (χ4n) is 5.52. The van der Waals surface area contributed by atoms with E-state index in [1.807, 2.05) is 6.07 Å². The minimum absolute atomic E-state index is 0.0687. The summed E-state index contributed by atoms with van der Waals surface area (Å²) in [5.41, 5.74) is 1.52. The second-order valence-corrected chi connectivity index (χ2v) is 10.5. The molecule has 1 amide bonds. The highest BCUT2D eigenvalue weighted by atomic mass is 35.5. The standard InChI is InChI=1S/C28H36ClN7O2/c1-20-7-6-12-35(20)28-32-25(10-13-36(28)23-8-4-3-5-9-23)34-15-14-33(19-21(34)2)26-24(29)17-22(18-31-26)27(38)30-11-16-37/h3-5,8-10,13,17-18,20-21,28,37H,6-7,11-12,14-16,19H2,1-2H3,(H,30,38). The van der Waals surface area contributed by atoms with Gasteiger partial charge in [-0.2, -0.15) is 0 Å². The number of carbonyl (C=O) groups is 1. The maximum atomic E-state index is 12.2. The van der Waals surface area contributed by atoms with Crippen LogP contribution in [0.2, 0.25) is 5.02 Å². The van der Waals surface area contributed by atoms with Gasteiger partial charge in [0, 0.05) is 62.9 Å². The van der Waals surface area contributed by atoms with Crippen LogP contribution in [0.15, 0.2) is 59.9 Å². The fourth-order valence-corrected chi connectivity index (χ4v) is 5.80. The number of amidine groups is 1. The van der Waals surface area contributed by atoms with Crippen LogP contribution < -0.4 is 15.1 Å². The number of nitrogens with zero attached hydrogens (tertiary/aromatic N) is 6. The molecule has 202 valence electrons. The van der Waals surface area contributed by atoms with E-state index < -0.39 is 0 Å². The van der Waals surface area contributed by atoms with E-state index in [1.54, 1.807) is 12.3 Å². The second kappa shape index (κ2) is 11.7. The molecule has 1 aromatic heterocycles. The summed E-state index contributed by atoms with van der Waals surface area (Å²) in [4.78, 5) is 31.3. The van der Waals surface area contributed by atoms with Crippen molar-refractivity contribution in [3.8, 4) is 0 Å². The summed E-state index contributed by atoms with van der Waals surface area (Å²) in [5, 5.41) is 12.0. The lowest BCUT2D eigenvalue weighted by Crippen LogP contribution is -2.56. The molecular formula is C28H36ClN7O2. The number of piperazine rings is 1. The smallest absolute Gasteiger partial charge is 0.252 e. The first-order valence-corrected chi connectivity index (χ1v) is 13.8. The van der Waals surface area contributed by atoms with Crippen molar-refractivity contribution in [2.75, 3.05) is 49.1 Å². The maximum Gasteiger partial charge on any atom is 0.252 e. The molecule has 1 aromatic carbocycles. The Morgan fingerprint density at radius 2 is 1.97 bits per heavy atom. The van der Waals surface area contributed by atoms with Gasteiger partial charge in [0.05, 0.1) is 17.2 Å². The Kier molecular flexibility index (Phi) is 8.16. The van der Waals surface area contributed by atoms with Crippen molar-refractivity contribution in [2.45, 2.75) is 45.1 Å². The number of likely N-dealkylation sites (tertiary alicyclic amines) is 1. The topological polar surface area (TPSA) is 87.5 Å². The molecule has 3 unspecified atom stereocenters. The Morgan fingerprint density at radius 1 is 1.16 bits per heavy atom. The molecule has 0 aliphatic carbocycles. The lowest BCUT2D eigenvalue weighted by Gasteiger charge is -2.44. The van der Waals surface area contributed by atoms with Gasteiger partial charge in [-0.05, 0) is 51.0 Å². The lowest BCUT2D eigenvalue weighted by molar-refractivity contribution is 0.0944. The number of halogens is 1. The Labute approximate surface area is 229 Å². The van der Waals surface area contributed by atoms with E-state index in [0.717, 1.165) is 37.7 Å². The van der Waals surface area contributed by atoms with Crippen molar-refractivity contribution >= 4 is 34.8 Å². The molecule has 0 saturated carbocycles. The van der Waals surface area contributed by atoms with Crippen LogP contribution in [0, 0.1) is 0 Å². The average Bonchev–Trinajstić information content (AvgIpc) is 3.37. The number of aliphatic imine (C=N–C) groups is 1. The number of aromatic nitrogens is 1. The quantitative estimate of drug-likeness (QED) is 0.585.